The van der Waals surface area contributed by atoms with Gasteiger partial charge in [-0.3, -0.25) is 9.59 Å². The molecule has 1 N–H and O–H groups in total. The van der Waals surface area contributed by atoms with Crippen molar-refractivity contribution in [2.24, 2.45) is 0 Å². The molecule has 1 aromatic heterocycles. The van der Waals surface area contributed by atoms with Crippen LogP contribution in [0.15, 0.2) is 36.4 Å². The average molecular weight is 361 g/mol. The summed E-state index contributed by atoms with van der Waals surface area (Å²) in [5.41, 5.74) is 1.02. The maximum absolute atomic E-state index is 12.9. The minimum Gasteiger partial charge on any atom is -0.495 e. The van der Waals surface area contributed by atoms with Crippen LogP contribution in [0.5, 0.6) is 5.75 Å². The second-order valence-electron chi connectivity index (χ2n) is 5.72. The maximum atomic E-state index is 12.9. The van der Waals surface area contributed by atoms with E-state index in [1.165, 1.54) is 11.3 Å². The normalized spacial score (nSPS) is 17.3. The molecule has 1 amide bonds. The fourth-order valence-electron chi connectivity index (χ4n) is 2.79. The van der Waals surface area contributed by atoms with Gasteiger partial charge in [-0.2, -0.15) is 0 Å². The van der Waals surface area contributed by atoms with Gasteiger partial charge in [0.15, 0.2) is 0 Å². The number of hydrogen-bond donors (Lipinski definition) is 1. The molecule has 7 heteroatoms. The second-order valence-corrected chi connectivity index (χ2v) is 6.77. The van der Waals surface area contributed by atoms with E-state index >= 15 is 0 Å². The van der Waals surface area contributed by atoms with Gasteiger partial charge in [0.1, 0.15) is 10.6 Å². The van der Waals surface area contributed by atoms with E-state index in [9.17, 15) is 9.59 Å². The predicted octanol–water partition coefficient (Wildman–Crippen LogP) is 2.74. The summed E-state index contributed by atoms with van der Waals surface area (Å²) in [5, 5.41) is 8.92. The van der Waals surface area contributed by atoms with Gasteiger partial charge in [-0.25, -0.2) is 0 Å². The van der Waals surface area contributed by atoms with Gasteiger partial charge in [0.25, 0.3) is 5.91 Å². The number of aliphatic carboxylic acids is 1. The molecule has 0 bridgehead atoms. The lowest BCUT2D eigenvalue weighted by molar-refractivity contribution is -0.141. The molecule has 3 rings (SSSR count). The number of carbonyl (C=O) groups excluding carboxylic acids is 1. The second kappa shape index (κ2) is 7.67. The lowest BCUT2D eigenvalue weighted by atomic mass is 10.2. The number of hydrogen-bond acceptors (Lipinski definition) is 5. The Morgan fingerprint density at radius 1 is 1.36 bits per heavy atom. The van der Waals surface area contributed by atoms with Gasteiger partial charge in [0.05, 0.1) is 26.2 Å². The van der Waals surface area contributed by atoms with Crippen LogP contribution in [-0.4, -0.2) is 54.8 Å². The van der Waals surface area contributed by atoms with Crippen molar-refractivity contribution >= 4 is 23.2 Å². The number of carboxylic acid groups (broad SMARTS) is 1. The number of benzene rings is 1. The maximum Gasteiger partial charge on any atom is 0.306 e. The van der Waals surface area contributed by atoms with Crippen LogP contribution in [-0.2, 0) is 9.53 Å². The molecule has 0 aliphatic carbocycles. The van der Waals surface area contributed by atoms with Crippen LogP contribution in [0.25, 0.3) is 10.4 Å². The number of carboxylic acids is 1. The van der Waals surface area contributed by atoms with Gasteiger partial charge in [0, 0.05) is 18.0 Å². The smallest absolute Gasteiger partial charge is 0.306 e. The molecule has 0 radical (unpaired) electrons. The molecule has 1 fully saturated rings. The standard InChI is InChI=1S/C18H19NO5S/c1-23-14-10-15(12-5-3-2-4-6-12)25-17(14)18(22)19-7-8-24-13(11-19)9-16(20)21/h2-6,10,13H,7-9,11H2,1H3,(H,20,21)/t13-/m0/s1. The van der Waals surface area contributed by atoms with E-state index < -0.39 is 12.1 Å². The number of morpholine rings is 1. The summed E-state index contributed by atoms with van der Waals surface area (Å²) in [6.45, 7) is 1.05. The van der Waals surface area contributed by atoms with E-state index in [0.29, 0.717) is 23.8 Å². The molecular weight excluding hydrogens is 342 g/mol. The van der Waals surface area contributed by atoms with Crippen molar-refractivity contribution in [1.82, 2.24) is 4.90 Å². The van der Waals surface area contributed by atoms with Gasteiger partial charge in [0.2, 0.25) is 0 Å². The van der Waals surface area contributed by atoms with Crippen molar-refractivity contribution in [3.8, 4) is 16.2 Å². The van der Waals surface area contributed by atoms with Gasteiger partial charge in [-0.1, -0.05) is 30.3 Å². The van der Waals surface area contributed by atoms with Crippen LogP contribution in [0, 0.1) is 0 Å². The molecule has 1 saturated heterocycles. The largest absolute Gasteiger partial charge is 0.495 e. The summed E-state index contributed by atoms with van der Waals surface area (Å²) >= 11 is 1.38. The number of methoxy groups -OCH3 is 1. The number of carbonyl (C=O) groups is 2. The quantitative estimate of drug-likeness (QED) is 0.886. The van der Waals surface area contributed by atoms with Crippen LogP contribution < -0.4 is 4.74 Å². The zero-order chi connectivity index (χ0) is 17.8. The summed E-state index contributed by atoms with van der Waals surface area (Å²) in [4.78, 5) is 26.9. The van der Waals surface area contributed by atoms with Crippen molar-refractivity contribution < 1.29 is 24.2 Å². The summed E-state index contributed by atoms with van der Waals surface area (Å²) < 4.78 is 10.8. The lowest BCUT2D eigenvalue weighted by Gasteiger charge is -2.32. The van der Waals surface area contributed by atoms with Crippen LogP contribution in [0.4, 0.5) is 0 Å². The fraction of sp³-hybridized carbons (Fsp3) is 0.333. The topological polar surface area (TPSA) is 76.1 Å². The highest BCUT2D eigenvalue weighted by molar-refractivity contribution is 7.17. The predicted molar refractivity (Wildman–Crippen MR) is 94.2 cm³/mol. The van der Waals surface area contributed by atoms with Crippen molar-refractivity contribution in [3.05, 3.63) is 41.3 Å². The van der Waals surface area contributed by atoms with Crippen molar-refractivity contribution in [3.63, 3.8) is 0 Å². The summed E-state index contributed by atoms with van der Waals surface area (Å²) in [7, 11) is 1.54. The van der Waals surface area contributed by atoms with Gasteiger partial charge < -0.3 is 19.5 Å². The lowest BCUT2D eigenvalue weighted by Crippen LogP contribution is -2.46. The Labute approximate surface area is 149 Å². The Hall–Kier alpha value is -2.38. The van der Waals surface area contributed by atoms with Crippen molar-refractivity contribution in [1.29, 1.82) is 0 Å². The third kappa shape index (κ3) is 4.00. The third-order valence-electron chi connectivity index (χ3n) is 4.00. The molecular formula is C18H19NO5S. The Morgan fingerprint density at radius 3 is 2.80 bits per heavy atom. The number of thiophene rings is 1. The fourth-order valence-corrected chi connectivity index (χ4v) is 3.88. The highest BCUT2D eigenvalue weighted by Crippen LogP contribution is 2.37. The van der Waals surface area contributed by atoms with Crippen molar-refractivity contribution in [2.75, 3.05) is 26.8 Å². The van der Waals surface area contributed by atoms with Crippen LogP contribution in [0.3, 0.4) is 0 Å². The Bertz CT molecular complexity index is 758. The molecule has 1 aromatic carbocycles. The molecule has 0 unspecified atom stereocenters. The number of amides is 1. The molecule has 2 heterocycles. The number of ether oxygens (including phenoxy) is 2. The zero-order valence-electron chi connectivity index (χ0n) is 13.8. The highest BCUT2D eigenvalue weighted by atomic mass is 32.1. The zero-order valence-corrected chi connectivity index (χ0v) is 14.6. The Morgan fingerprint density at radius 2 is 2.12 bits per heavy atom. The minimum atomic E-state index is -0.931. The Balaban J connectivity index is 1.82. The molecule has 0 saturated carbocycles. The molecule has 6 nitrogen and oxygen atoms in total. The minimum absolute atomic E-state index is 0.110. The van der Waals surface area contributed by atoms with Gasteiger partial charge >= 0.3 is 5.97 Å². The van der Waals surface area contributed by atoms with Crippen molar-refractivity contribution in [2.45, 2.75) is 12.5 Å². The first-order valence-corrected chi connectivity index (χ1v) is 8.76. The highest BCUT2D eigenvalue weighted by Gasteiger charge is 2.29. The molecule has 25 heavy (non-hydrogen) atoms. The van der Waals surface area contributed by atoms with E-state index in [4.69, 9.17) is 14.6 Å². The van der Waals surface area contributed by atoms with Crippen LogP contribution >= 0.6 is 11.3 Å². The monoisotopic (exact) mass is 361 g/mol. The summed E-state index contributed by atoms with van der Waals surface area (Å²) in [6, 6.07) is 11.7. The summed E-state index contributed by atoms with van der Waals surface area (Å²) in [6.07, 6.45) is -0.588. The van der Waals surface area contributed by atoms with E-state index in [1.54, 1.807) is 12.0 Å². The van der Waals surface area contributed by atoms with E-state index in [1.807, 2.05) is 36.4 Å². The van der Waals surface area contributed by atoms with Gasteiger partial charge in [-0.15, -0.1) is 11.3 Å². The number of rotatable bonds is 5. The van der Waals surface area contributed by atoms with E-state index in [0.717, 1.165) is 10.4 Å². The molecule has 2 aromatic rings. The first-order chi connectivity index (χ1) is 12.1. The van der Waals surface area contributed by atoms with E-state index in [2.05, 4.69) is 0 Å². The van der Waals surface area contributed by atoms with Crippen LogP contribution in [0.2, 0.25) is 0 Å². The summed E-state index contributed by atoms with van der Waals surface area (Å²) in [5.74, 6) is -0.544. The molecule has 1 atom stereocenters. The third-order valence-corrected chi connectivity index (χ3v) is 5.15. The first-order valence-electron chi connectivity index (χ1n) is 7.94. The molecule has 1 aliphatic heterocycles. The number of nitrogens with zero attached hydrogens (tertiary/aromatic N) is 1. The van der Waals surface area contributed by atoms with Crippen LogP contribution in [0.1, 0.15) is 16.1 Å². The molecule has 1 aliphatic rings. The van der Waals surface area contributed by atoms with E-state index in [-0.39, 0.29) is 18.9 Å². The van der Waals surface area contributed by atoms with Gasteiger partial charge in [-0.05, 0) is 11.6 Å². The SMILES string of the molecule is COc1cc(-c2ccccc2)sc1C(=O)N1CCO[C@@H](CC(=O)O)C1. The first kappa shape index (κ1) is 17.4. The Kier molecular flexibility index (Phi) is 5.35. The molecule has 0 spiro atoms. The molecule has 132 valence electrons. The average Bonchev–Trinajstić information content (AvgIpc) is 3.06.